The van der Waals surface area contributed by atoms with Gasteiger partial charge in [-0.05, 0) is 31.5 Å². The monoisotopic (exact) mass is 429 g/mol. The zero-order valence-electron chi connectivity index (χ0n) is 15.0. The number of benzene rings is 2. The first-order chi connectivity index (χ1) is 12.3. The maximum atomic E-state index is 12.7. The summed E-state index contributed by atoms with van der Waals surface area (Å²) in [7, 11) is 0. The van der Waals surface area contributed by atoms with E-state index in [9.17, 15) is 9.59 Å². The van der Waals surface area contributed by atoms with Crippen molar-refractivity contribution in [2.24, 2.45) is 5.73 Å². The highest BCUT2D eigenvalue weighted by atomic mass is 35.5. The van der Waals surface area contributed by atoms with Gasteiger partial charge in [-0.15, -0.1) is 12.4 Å². The fraction of sp³-hybridized carbons (Fsp3) is 0.263. The van der Waals surface area contributed by atoms with Gasteiger partial charge in [0, 0.05) is 6.54 Å². The predicted molar refractivity (Wildman–Crippen MR) is 113 cm³/mol. The number of anilines is 1. The van der Waals surface area contributed by atoms with Crippen molar-refractivity contribution in [3.05, 3.63) is 63.6 Å². The van der Waals surface area contributed by atoms with Gasteiger partial charge >= 0.3 is 0 Å². The van der Waals surface area contributed by atoms with Crippen LogP contribution in [0.4, 0.5) is 5.69 Å². The number of amides is 2. The number of halogens is 3. The molecule has 0 saturated heterocycles. The first-order valence-electron chi connectivity index (χ1n) is 8.18. The normalized spacial score (nSPS) is 11.3. The fourth-order valence-corrected chi connectivity index (χ4v) is 2.92. The molecule has 2 rings (SSSR count). The summed E-state index contributed by atoms with van der Waals surface area (Å²) in [5, 5.41) is 3.31. The highest BCUT2D eigenvalue weighted by molar-refractivity contribution is 6.39. The van der Waals surface area contributed by atoms with Gasteiger partial charge in [0.25, 0.3) is 0 Å². The van der Waals surface area contributed by atoms with E-state index < -0.39 is 11.9 Å². The molecule has 2 amide bonds. The third-order valence-electron chi connectivity index (χ3n) is 3.96. The molecule has 27 heavy (non-hydrogen) atoms. The van der Waals surface area contributed by atoms with E-state index >= 15 is 0 Å². The van der Waals surface area contributed by atoms with Crippen molar-refractivity contribution in [2.45, 2.75) is 19.9 Å². The molecule has 0 aliphatic carbocycles. The Morgan fingerprint density at radius 2 is 1.67 bits per heavy atom. The molecule has 0 aliphatic rings. The minimum atomic E-state index is -0.827. The maximum Gasteiger partial charge on any atom is 0.244 e. The Labute approximate surface area is 175 Å². The third kappa shape index (κ3) is 6.11. The van der Waals surface area contributed by atoms with E-state index in [1.807, 2.05) is 31.2 Å². The van der Waals surface area contributed by atoms with Gasteiger partial charge in [0.15, 0.2) is 0 Å². The van der Waals surface area contributed by atoms with Crippen LogP contribution in [0.25, 0.3) is 0 Å². The zero-order chi connectivity index (χ0) is 19.3. The van der Waals surface area contributed by atoms with Crippen LogP contribution in [0.15, 0.2) is 42.5 Å². The number of aryl methyl sites for hydroxylation is 1. The third-order valence-corrected chi connectivity index (χ3v) is 4.59. The Morgan fingerprint density at radius 1 is 1.11 bits per heavy atom. The van der Waals surface area contributed by atoms with E-state index in [-0.39, 0.29) is 24.9 Å². The van der Waals surface area contributed by atoms with Gasteiger partial charge in [-0.2, -0.15) is 0 Å². The average Bonchev–Trinajstić information content (AvgIpc) is 2.62. The van der Waals surface area contributed by atoms with E-state index in [2.05, 4.69) is 5.32 Å². The summed E-state index contributed by atoms with van der Waals surface area (Å²) in [6.07, 6.45) is 0. The summed E-state index contributed by atoms with van der Waals surface area (Å²) in [4.78, 5) is 26.4. The van der Waals surface area contributed by atoms with Crippen molar-refractivity contribution in [2.75, 3.05) is 18.4 Å². The number of nitrogens with zero attached hydrogens (tertiary/aromatic N) is 1. The van der Waals surface area contributed by atoms with Gasteiger partial charge in [0.2, 0.25) is 11.8 Å². The fourth-order valence-electron chi connectivity index (χ4n) is 2.43. The van der Waals surface area contributed by atoms with Crippen molar-refractivity contribution in [3.8, 4) is 0 Å². The van der Waals surface area contributed by atoms with Crippen molar-refractivity contribution >= 4 is 53.1 Å². The van der Waals surface area contributed by atoms with Crippen LogP contribution in [0.3, 0.4) is 0 Å². The topological polar surface area (TPSA) is 75.4 Å². The summed E-state index contributed by atoms with van der Waals surface area (Å²) < 4.78 is 0. The van der Waals surface area contributed by atoms with E-state index in [1.54, 1.807) is 25.1 Å². The summed E-state index contributed by atoms with van der Waals surface area (Å²) in [6.45, 7) is 3.95. The van der Waals surface area contributed by atoms with Gasteiger partial charge in [0.05, 0.1) is 22.3 Å². The standard InChI is InChI=1S/C19H21Cl2N3O2.ClH/c1-3-24(19(26)17(22)13-9-7-12(2)8-10-13)11-16(25)23-18-14(20)5-4-6-15(18)21;/h4-10,17H,3,11,22H2,1-2H3,(H,23,25);1H. The number of para-hydroxylation sites is 1. The Kier molecular flexibility index (Phi) is 9.06. The Morgan fingerprint density at radius 3 is 2.19 bits per heavy atom. The molecule has 0 saturated carbocycles. The average molecular weight is 431 g/mol. The lowest BCUT2D eigenvalue weighted by molar-refractivity contribution is -0.135. The molecule has 0 bridgehead atoms. The summed E-state index contributed by atoms with van der Waals surface area (Å²) >= 11 is 12.1. The second kappa shape index (κ2) is 10.5. The van der Waals surface area contributed by atoms with Gasteiger partial charge in [-0.1, -0.05) is 59.1 Å². The molecule has 2 aromatic carbocycles. The molecular formula is C19H22Cl3N3O2. The summed E-state index contributed by atoms with van der Waals surface area (Å²) in [6, 6.07) is 11.5. The number of carbonyl (C=O) groups excluding carboxylic acids is 2. The maximum absolute atomic E-state index is 12.7. The lowest BCUT2D eigenvalue weighted by Crippen LogP contribution is -2.42. The quantitative estimate of drug-likeness (QED) is 0.721. The van der Waals surface area contributed by atoms with E-state index in [0.29, 0.717) is 27.8 Å². The van der Waals surface area contributed by atoms with Crippen LogP contribution in [-0.2, 0) is 9.59 Å². The molecular weight excluding hydrogens is 409 g/mol. The minimum absolute atomic E-state index is 0. The summed E-state index contributed by atoms with van der Waals surface area (Å²) in [5.41, 5.74) is 8.19. The van der Waals surface area contributed by atoms with Crippen LogP contribution in [-0.4, -0.2) is 29.8 Å². The highest BCUT2D eigenvalue weighted by Gasteiger charge is 2.23. The largest absolute Gasteiger partial charge is 0.332 e. The first kappa shape index (κ1) is 23.2. The van der Waals surface area contributed by atoms with Crippen LogP contribution in [0.1, 0.15) is 24.1 Å². The molecule has 5 nitrogen and oxygen atoms in total. The SMILES string of the molecule is CCN(CC(=O)Nc1c(Cl)cccc1Cl)C(=O)C(N)c1ccc(C)cc1.Cl. The molecule has 0 aliphatic heterocycles. The number of hydrogen-bond donors (Lipinski definition) is 2. The molecule has 1 unspecified atom stereocenters. The number of hydrogen-bond acceptors (Lipinski definition) is 3. The van der Waals surface area contributed by atoms with E-state index in [0.717, 1.165) is 5.56 Å². The number of likely N-dealkylation sites (N-methyl/N-ethyl adjacent to an activating group) is 1. The highest BCUT2D eigenvalue weighted by Crippen LogP contribution is 2.29. The van der Waals surface area contributed by atoms with Crippen LogP contribution < -0.4 is 11.1 Å². The Hall–Kier alpha value is -1.79. The van der Waals surface area contributed by atoms with Gasteiger partial charge in [0.1, 0.15) is 6.04 Å². The second-order valence-corrected chi connectivity index (χ2v) is 6.70. The molecule has 0 heterocycles. The van der Waals surface area contributed by atoms with E-state index in [4.69, 9.17) is 28.9 Å². The van der Waals surface area contributed by atoms with Gasteiger partial charge in [-0.3, -0.25) is 9.59 Å². The predicted octanol–water partition coefficient (Wildman–Crippen LogP) is 4.21. The number of nitrogens with one attached hydrogen (secondary N) is 1. The van der Waals surface area contributed by atoms with Gasteiger partial charge < -0.3 is 16.0 Å². The Balaban J connectivity index is 0.00000364. The zero-order valence-corrected chi connectivity index (χ0v) is 17.4. The van der Waals surface area contributed by atoms with Crippen LogP contribution in [0, 0.1) is 6.92 Å². The Bertz CT molecular complexity index is 777. The van der Waals surface area contributed by atoms with Crippen LogP contribution in [0.2, 0.25) is 10.0 Å². The van der Waals surface area contributed by atoms with Gasteiger partial charge in [-0.25, -0.2) is 0 Å². The molecule has 2 aromatic rings. The first-order valence-corrected chi connectivity index (χ1v) is 8.93. The smallest absolute Gasteiger partial charge is 0.244 e. The van der Waals surface area contributed by atoms with Crippen LogP contribution in [0.5, 0.6) is 0 Å². The lowest BCUT2D eigenvalue weighted by atomic mass is 10.0. The molecule has 8 heteroatoms. The minimum Gasteiger partial charge on any atom is -0.332 e. The summed E-state index contributed by atoms with van der Waals surface area (Å²) in [5.74, 6) is -0.719. The molecule has 0 fully saturated rings. The molecule has 146 valence electrons. The number of rotatable bonds is 6. The number of nitrogens with two attached hydrogens (primary N) is 1. The van der Waals surface area contributed by atoms with Crippen molar-refractivity contribution in [1.29, 1.82) is 0 Å². The van der Waals surface area contributed by atoms with Crippen molar-refractivity contribution in [1.82, 2.24) is 4.90 Å². The molecule has 0 spiro atoms. The van der Waals surface area contributed by atoms with Crippen molar-refractivity contribution in [3.63, 3.8) is 0 Å². The molecule has 0 radical (unpaired) electrons. The van der Waals surface area contributed by atoms with E-state index in [1.165, 1.54) is 4.90 Å². The van der Waals surface area contributed by atoms with Crippen LogP contribution >= 0.6 is 35.6 Å². The molecule has 3 N–H and O–H groups in total. The molecule has 0 aromatic heterocycles. The van der Waals surface area contributed by atoms with Crippen molar-refractivity contribution < 1.29 is 9.59 Å². The molecule has 1 atom stereocenters. The second-order valence-electron chi connectivity index (χ2n) is 5.89. The number of carbonyl (C=O) groups is 2. The lowest BCUT2D eigenvalue weighted by Gasteiger charge is -2.24.